The number of aliphatic hydroxyl groups is 1. The Hall–Kier alpha value is -1.58. The molecule has 11 heteroatoms. The van der Waals surface area contributed by atoms with E-state index < -0.39 is 29.6 Å². The maximum atomic E-state index is 13.7. The van der Waals surface area contributed by atoms with E-state index in [1.165, 1.54) is 0 Å². The molecule has 2 aromatic rings. The Balaban J connectivity index is 2.02. The van der Waals surface area contributed by atoms with Crippen LogP contribution < -0.4 is 0 Å². The highest BCUT2D eigenvalue weighted by Crippen LogP contribution is 2.57. The summed E-state index contributed by atoms with van der Waals surface area (Å²) in [7, 11) is 0. The van der Waals surface area contributed by atoms with Gasteiger partial charge in [0.2, 0.25) is 0 Å². The topological polar surface area (TPSA) is 85.3 Å². The van der Waals surface area contributed by atoms with E-state index >= 15 is 0 Å². The van der Waals surface area contributed by atoms with Crippen molar-refractivity contribution in [2.45, 2.75) is 18.1 Å². The minimum atomic E-state index is -2.20. The summed E-state index contributed by atoms with van der Waals surface area (Å²) >= 11 is 25.6. The first-order valence-corrected chi connectivity index (χ1v) is 11.9. The first-order valence-electron chi connectivity index (χ1n) is 10.4. The molecular weight excluding hydrogens is 528 g/mol. The van der Waals surface area contributed by atoms with Gasteiger partial charge in [-0.2, -0.15) is 0 Å². The Morgan fingerprint density at radius 3 is 2.21 bits per heavy atom. The Morgan fingerprint density at radius 2 is 1.50 bits per heavy atom. The van der Waals surface area contributed by atoms with Gasteiger partial charge in [-0.15, -0.1) is 0 Å². The predicted octanol–water partition coefficient (Wildman–Crippen LogP) is 4.45. The molecule has 2 heterocycles. The summed E-state index contributed by atoms with van der Waals surface area (Å²) in [6.45, 7) is 1.62. The molecule has 0 aromatic heterocycles. The fraction of sp³-hybridized carbons (Fsp3) is 0.391. The van der Waals surface area contributed by atoms with E-state index in [1.54, 1.807) is 31.2 Å². The zero-order valence-corrected chi connectivity index (χ0v) is 21.1. The summed E-state index contributed by atoms with van der Waals surface area (Å²) in [5.74, 6) is -1.49. The Morgan fingerprint density at radius 1 is 0.882 bits per heavy atom. The van der Waals surface area contributed by atoms with Crippen LogP contribution in [0.25, 0.3) is 0 Å². The van der Waals surface area contributed by atoms with Crippen molar-refractivity contribution in [1.82, 2.24) is 4.90 Å². The highest BCUT2D eigenvalue weighted by molar-refractivity contribution is 6.53. The van der Waals surface area contributed by atoms with Gasteiger partial charge in [-0.05, 0) is 12.5 Å². The number of halogens is 4. The number of cyclic esters (lactones) is 1. The third-order valence-electron chi connectivity index (χ3n) is 6.19. The predicted molar refractivity (Wildman–Crippen MR) is 128 cm³/mol. The van der Waals surface area contributed by atoms with Crippen molar-refractivity contribution < 1.29 is 28.9 Å². The molecule has 1 saturated heterocycles. The molecule has 2 aromatic carbocycles. The van der Waals surface area contributed by atoms with Gasteiger partial charge in [0, 0.05) is 5.56 Å². The number of rotatable bonds is 1. The summed E-state index contributed by atoms with van der Waals surface area (Å²) < 4.78 is 16.5. The van der Waals surface area contributed by atoms with Gasteiger partial charge in [0.05, 0.1) is 57.5 Å². The average molecular weight is 549 g/mol. The average Bonchev–Trinajstić information content (AvgIpc) is 3.06. The summed E-state index contributed by atoms with van der Waals surface area (Å²) in [5.41, 5.74) is -3.11. The number of benzene rings is 2. The van der Waals surface area contributed by atoms with Crippen LogP contribution in [0.15, 0.2) is 30.3 Å². The highest BCUT2D eigenvalue weighted by Gasteiger charge is 2.63. The first kappa shape index (κ1) is 25.5. The smallest absolute Gasteiger partial charge is 0.325 e. The van der Waals surface area contributed by atoms with Crippen molar-refractivity contribution >= 4 is 58.3 Å². The van der Waals surface area contributed by atoms with Gasteiger partial charge in [0.25, 0.3) is 5.91 Å². The minimum Gasteiger partial charge on any atom is -0.462 e. The van der Waals surface area contributed by atoms with Gasteiger partial charge >= 0.3 is 5.97 Å². The largest absolute Gasteiger partial charge is 0.462 e. The molecule has 2 aliphatic heterocycles. The van der Waals surface area contributed by atoms with Crippen molar-refractivity contribution in [3.05, 3.63) is 67.1 Å². The zero-order chi connectivity index (χ0) is 24.7. The number of hydrogen-bond donors (Lipinski definition) is 1. The van der Waals surface area contributed by atoms with E-state index in [0.717, 1.165) is 4.90 Å². The second kappa shape index (κ2) is 9.82. The van der Waals surface area contributed by atoms with Crippen LogP contribution in [0.1, 0.15) is 28.4 Å². The van der Waals surface area contributed by atoms with Crippen molar-refractivity contribution in [3.8, 4) is 0 Å². The maximum absolute atomic E-state index is 13.7. The van der Waals surface area contributed by atoms with Crippen LogP contribution in [0, 0.1) is 0 Å². The fourth-order valence-corrected chi connectivity index (χ4v) is 5.48. The summed E-state index contributed by atoms with van der Waals surface area (Å²) in [6.07, 6.45) is 0. The molecule has 1 fully saturated rings. The van der Waals surface area contributed by atoms with Crippen LogP contribution >= 0.6 is 46.4 Å². The molecule has 0 radical (unpaired) electrons. The Labute approximate surface area is 216 Å². The highest BCUT2D eigenvalue weighted by atomic mass is 35.5. The molecule has 0 spiro atoms. The Kier molecular flexibility index (Phi) is 7.37. The third-order valence-corrected chi connectivity index (χ3v) is 7.99. The standard InChI is InChI=1S/C23H21Cl4NO6/c1-22(13-5-3-2-4-6-13)12-33-8-7-32-9-10-34-14(29)11-28-21(30)15-16(23(22,28)31)18(25)20(27)19(26)17(15)24/h2-6,31H,7-12H2,1H3/t22-,23-/m1/s1. The van der Waals surface area contributed by atoms with Crippen LogP contribution in [0.5, 0.6) is 0 Å². The number of amides is 1. The van der Waals surface area contributed by atoms with Crippen LogP contribution in [-0.4, -0.2) is 61.5 Å². The minimum absolute atomic E-state index is 0.0264. The number of esters is 1. The van der Waals surface area contributed by atoms with Crippen LogP contribution in [0.3, 0.4) is 0 Å². The SMILES string of the molecule is C[C@]1(c2ccccc2)COCCOCCOC(=O)CN2C(=O)c3c(Cl)c(Cl)c(Cl)c(Cl)c3[C@]21O. The van der Waals surface area contributed by atoms with Crippen LogP contribution in [-0.2, 0) is 30.1 Å². The van der Waals surface area contributed by atoms with Crippen LogP contribution in [0.4, 0.5) is 0 Å². The van der Waals surface area contributed by atoms with Crippen molar-refractivity contribution in [2.24, 2.45) is 0 Å². The van der Waals surface area contributed by atoms with Gasteiger partial charge in [-0.1, -0.05) is 76.7 Å². The molecule has 4 rings (SSSR count). The third kappa shape index (κ3) is 3.97. The summed E-state index contributed by atoms with van der Waals surface area (Å²) in [4.78, 5) is 27.3. The van der Waals surface area contributed by atoms with Crippen molar-refractivity contribution in [2.75, 3.05) is 39.6 Å². The molecule has 1 amide bonds. The summed E-state index contributed by atoms with van der Waals surface area (Å²) in [5, 5.41) is 12.0. The molecule has 1 N–H and O–H groups in total. The molecule has 2 aliphatic rings. The molecular formula is C23H21Cl4NO6. The number of carbonyl (C=O) groups is 2. The fourth-order valence-electron chi connectivity index (χ4n) is 4.41. The molecule has 182 valence electrons. The number of carbonyl (C=O) groups excluding carboxylic acids is 2. The van der Waals surface area contributed by atoms with E-state index in [-0.39, 0.29) is 64.3 Å². The second-order valence-electron chi connectivity index (χ2n) is 8.15. The zero-order valence-electron chi connectivity index (χ0n) is 18.1. The first-order chi connectivity index (χ1) is 16.1. The maximum Gasteiger partial charge on any atom is 0.325 e. The van der Waals surface area contributed by atoms with Crippen molar-refractivity contribution in [3.63, 3.8) is 0 Å². The molecule has 7 nitrogen and oxygen atoms in total. The van der Waals surface area contributed by atoms with Gasteiger partial charge in [0.15, 0.2) is 5.72 Å². The molecule has 2 atom stereocenters. The number of hydrogen-bond acceptors (Lipinski definition) is 6. The molecule has 0 bridgehead atoms. The normalized spacial score (nSPS) is 26.1. The van der Waals surface area contributed by atoms with Gasteiger partial charge in [0.1, 0.15) is 13.2 Å². The van der Waals surface area contributed by atoms with Crippen LogP contribution in [0.2, 0.25) is 20.1 Å². The van der Waals surface area contributed by atoms with E-state index in [1.807, 2.05) is 6.07 Å². The summed E-state index contributed by atoms with van der Waals surface area (Å²) in [6, 6.07) is 8.94. The van der Waals surface area contributed by atoms with Gasteiger partial charge in [-0.25, -0.2) is 0 Å². The van der Waals surface area contributed by atoms with E-state index in [2.05, 4.69) is 0 Å². The quantitative estimate of drug-likeness (QED) is 0.322. The number of fused-ring (bicyclic) bond motifs is 3. The number of ether oxygens (including phenoxy) is 3. The molecule has 34 heavy (non-hydrogen) atoms. The lowest BCUT2D eigenvalue weighted by atomic mass is 9.70. The lowest BCUT2D eigenvalue weighted by molar-refractivity contribution is -0.171. The lowest BCUT2D eigenvalue weighted by Gasteiger charge is -2.48. The van der Waals surface area contributed by atoms with E-state index in [4.69, 9.17) is 60.6 Å². The van der Waals surface area contributed by atoms with Crippen molar-refractivity contribution in [1.29, 1.82) is 0 Å². The van der Waals surface area contributed by atoms with E-state index in [9.17, 15) is 14.7 Å². The second-order valence-corrected chi connectivity index (χ2v) is 9.66. The number of nitrogens with zero attached hydrogens (tertiary/aromatic N) is 1. The molecule has 0 saturated carbocycles. The molecule has 0 unspecified atom stereocenters. The van der Waals surface area contributed by atoms with Gasteiger partial charge < -0.3 is 19.3 Å². The monoisotopic (exact) mass is 547 g/mol. The lowest BCUT2D eigenvalue weighted by Crippen LogP contribution is -2.60. The van der Waals surface area contributed by atoms with E-state index in [0.29, 0.717) is 5.56 Å². The molecule has 0 aliphatic carbocycles. The van der Waals surface area contributed by atoms with Gasteiger partial charge in [-0.3, -0.25) is 14.5 Å². The Bertz CT molecular complexity index is 1130.